The first-order chi connectivity index (χ1) is 8.43. The van der Waals surface area contributed by atoms with Gasteiger partial charge in [-0.25, -0.2) is 4.79 Å². The summed E-state index contributed by atoms with van der Waals surface area (Å²) in [6.07, 6.45) is 0. The molecule has 1 heterocycles. The van der Waals surface area contributed by atoms with Crippen LogP contribution in [0.3, 0.4) is 0 Å². The van der Waals surface area contributed by atoms with E-state index in [9.17, 15) is 9.59 Å². The van der Waals surface area contributed by atoms with Gasteiger partial charge in [0, 0.05) is 10.0 Å². The molecular formula is C13H14BrNO3. The van der Waals surface area contributed by atoms with Crippen molar-refractivity contribution in [1.29, 1.82) is 0 Å². The number of benzene rings is 1. The summed E-state index contributed by atoms with van der Waals surface area (Å²) in [6.45, 7) is 4.07. The zero-order chi connectivity index (χ0) is 13.3. The molecule has 0 atom stereocenters. The zero-order valence-electron chi connectivity index (χ0n) is 10.3. The molecule has 0 N–H and O–H groups in total. The van der Waals surface area contributed by atoms with E-state index in [0.717, 1.165) is 4.47 Å². The van der Waals surface area contributed by atoms with Gasteiger partial charge in [-0.15, -0.1) is 0 Å². The number of cyclic esters (lactones) is 1. The SMILES string of the molecule is CC1(C)C(=O)OCCN1C(=O)c1cccc(Br)c1. The van der Waals surface area contributed by atoms with E-state index in [-0.39, 0.29) is 18.5 Å². The lowest BCUT2D eigenvalue weighted by molar-refractivity contribution is -0.162. The lowest BCUT2D eigenvalue weighted by Gasteiger charge is -2.40. The minimum Gasteiger partial charge on any atom is -0.462 e. The van der Waals surface area contributed by atoms with E-state index in [0.29, 0.717) is 12.1 Å². The summed E-state index contributed by atoms with van der Waals surface area (Å²) in [5, 5.41) is 0. The van der Waals surface area contributed by atoms with Crippen LogP contribution in [-0.4, -0.2) is 35.5 Å². The fourth-order valence-electron chi connectivity index (χ4n) is 1.93. The second-order valence-corrected chi connectivity index (χ2v) is 5.58. The van der Waals surface area contributed by atoms with Crippen LogP contribution in [0.25, 0.3) is 0 Å². The van der Waals surface area contributed by atoms with Crippen LogP contribution in [0.2, 0.25) is 0 Å². The van der Waals surface area contributed by atoms with Gasteiger partial charge in [-0.1, -0.05) is 22.0 Å². The van der Waals surface area contributed by atoms with Crippen molar-refractivity contribution in [2.75, 3.05) is 13.2 Å². The maximum Gasteiger partial charge on any atom is 0.331 e. The number of nitrogens with zero attached hydrogens (tertiary/aromatic N) is 1. The van der Waals surface area contributed by atoms with Crippen LogP contribution in [0.1, 0.15) is 24.2 Å². The van der Waals surface area contributed by atoms with Crippen molar-refractivity contribution in [3.05, 3.63) is 34.3 Å². The summed E-state index contributed by atoms with van der Waals surface area (Å²) in [4.78, 5) is 25.7. The fourth-order valence-corrected chi connectivity index (χ4v) is 2.33. The zero-order valence-corrected chi connectivity index (χ0v) is 11.9. The highest BCUT2D eigenvalue weighted by atomic mass is 79.9. The van der Waals surface area contributed by atoms with Crippen molar-refractivity contribution in [2.45, 2.75) is 19.4 Å². The van der Waals surface area contributed by atoms with Crippen molar-refractivity contribution < 1.29 is 14.3 Å². The van der Waals surface area contributed by atoms with Crippen LogP contribution < -0.4 is 0 Å². The van der Waals surface area contributed by atoms with Crippen molar-refractivity contribution >= 4 is 27.8 Å². The number of rotatable bonds is 1. The van der Waals surface area contributed by atoms with Crippen LogP contribution in [0.5, 0.6) is 0 Å². The molecule has 1 amide bonds. The van der Waals surface area contributed by atoms with Crippen molar-refractivity contribution in [3.8, 4) is 0 Å². The maximum absolute atomic E-state index is 12.4. The van der Waals surface area contributed by atoms with E-state index in [1.807, 2.05) is 6.07 Å². The summed E-state index contributed by atoms with van der Waals surface area (Å²) >= 11 is 3.33. The van der Waals surface area contributed by atoms with Crippen molar-refractivity contribution in [2.24, 2.45) is 0 Å². The Kier molecular flexibility index (Phi) is 3.43. The van der Waals surface area contributed by atoms with Gasteiger partial charge in [0.25, 0.3) is 5.91 Å². The van der Waals surface area contributed by atoms with Crippen LogP contribution in [0.15, 0.2) is 28.7 Å². The fraction of sp³-hybridized carbons (Fsp3) is 0.385. The predicted molar refractivity (Wildman–Crippen MR) is 70.2 cm³/mol. The van der Waals surface area contributed by atoms with Gasteiger partial charge in [-0.3, -0.25) is 4.79 Å². The quantitative estimate of drug-likeness (QED) is 0.747. The first kappa shape index (κ1) is 13.1. The molecule has 0 aliphatic carbocycles. The number of halogens is 1. The Balaban J connectivity index is 2.31. The number of hydrogen-bond acceptors (Lipinski definition) is 3. The molecule has 0 spiro atoms. The van der Waals surface area contributed by atoms with Gasteiger partial charge in [0.2, 0.25) is 0 Å². The predicted octanol–water partition coefficient (Wildman–Crippen LogP) is 2.23. The van der Waals surface area contributed by atoms with Crippen LogP contribution in [0, 0.1) is 0 Å². The number of ether oxygens (including phenoxy) is 1. The molecule has 0 bridgehead atoms. The third-order valence-electron chi connectivity index (χ3n) is 3.04. The number of carbonyl (C=O) groups excluding carboxylic acids is 2. The number of hydrogen-bond donors (Lipinski definition) is 0. The Morgan fingerprint density at radius 1 is 1.44 bits per heavy atom. The lowest BCUT2D eigenvalue weighted by Crippen LogP contribution is -2.58. The molecule has 1 aliphatic heterocycles. The summed E-state index contributed by atoms with van der Waals surface area (Å²) in [5.41, 5.74) is -0.357. The van der Waals surface area contributed by atoms with E-state index >= 15 is 0 Å². The second-order valence-electron chi connectivity index (χ2n) is 4.66. The monoisotopic (exact) mass is 311 g/mol. The molecule has 0 saturated carbocycles. The highest BCUT2D eigenvalue weighted by Gasteiger charge is 2.42. The maximum atomic E-state index is 12.4. The third kappa shape index (κ3) is 2.27. The number of esters is 1. The molecule has 1 aliphatic rings. The topological polar surface area (TPSA) is 46.6 Å². The average molecular weight is 312 g/mol. The normalized spacial score (nSPS) is 18.4. The molecule has 0 unspecified atom stereocenters. The van der Waals surface area contributed by atoms with Crippen molar-refractivity contribution in [3.63, 3.8) is 0 Å². The first-order valence-corrected chi connectivity index (χ1v) is 6.47. The Labute approximate surface area is 114 Å². The highest BCUT2D eigenvalue weighted by molar-refractivity contribution is 9.10. The van der Waals surface area contributed by atoms with Gasteiger partial charge in [0.1, 0.15) is 12.1 Å². The van der Waals surface area contributed by atoms with Gasteiger partial charge in [0.15, 0.2) is 0 Å². The van der Waals surface area contributed by atoms with Crippen LogP contribution in [-0.2, 0) is 9.53 Å². The molecule has 1 aromatic carbocycles. The van der Waals surface area contributed by atoms with Gasteiger partial charge < -0.3 is 9.64 Å². The Morgan fingerprint density at radius 2 is 2.17 bits per heavy atom. The molecule has 0 radical (unpaired) electrons. The van der Waals surface area contributed by atoms with Gasteiger partial charge in [0.05, 0.1) is 6.54 Å². The van der Waals surface area contributed by atoms with E-state index in [1.54, 1.807) is 36.9 Å². The Bertz CT molecular complexity index is 499. The number of carbonyl (C=O) groups is 2. The Hall–Kier alpha value is -1.36. The van der Waals surface area contributed by atoms with Crippen LogP contribution >= 0.6 is 15.9 Å². The van der Waals surface area contributed by atoms with E-state index < -0.39 is 5.54 Å². The Morgan fingerprint density at radius 3 is 2.83 bits per heavy atom. The molecule has 5 heteroatoms. The molecular weight excluding hydrogens is 298 g/mol. The summed E-state index contributed by atoms with van der Waals surface area (Å²) in [6, 6.07) is 7.14. The molecule has 2 rings (SSSR count). The van der Waals surface area contributed by atoms with Crippen LogP contribution in [0.4, 0.5) is 0 Å². The molecule has 96 valence electrons. The molecule has 18 heavy (non-hydrogen) atoms. The summed E-state index contributed by atoms with van der Waals surface area (Å²) in [7, 11) is 0. The molecule has 4 nitrogen and oxygen atoms in total. The van der Waals surface area contributed by atoms with E-state index in [2.05, 4.69) is 15.9 Å². The molecule has 0 aromatic heterocycles. The summed E-state index contributed by atoms with van der Waals surface area (Å²) < 4.78 is 5.83. The molecule has 1 saturated heterocycles. The van der Waals surface area contributed by atoms with Gasteiger partial charge in [-0.05, 0) is 32.0 Å². The van der Waals surface area contributed by atoms with Gasteiger partial charge >= 0.3 is 5.97 Å². The highest BCUT2D eigenvalue weighted by Crippen LogP contribution is 2.23. The second kappa shape index (κ2) is 4.72. The largest absolute Gasteiger partial charge is 0.462 e. The standard InChI is InChI=1S/C13H14BrNO3/c1-13(2)12(17)18-7-6-15(13)11(16)9-4-3-5-10(14)8-9/h3-5,8H,6-7H2,1-2H3. The lowest BCUT2D eigenvalue weighted by atomic mass is 10.00. The average Bonchev–Trinajstić information content (AvgIpc) is 2.32. The van der Waals surface area contributed by atoms with E-state index in [1.165, 1.54) is 0 Å². The van der Waals surface area contributed by atoms with Crippen molar-refractivity contribution in [1.82, 2.24) is 4.90 Å². The number of amides is 1. The van der Waals surface area contributed by atoms with Gasteiger partial charge in [-0.2, -0.15) is 0 Å². The minimum atomic E-state index is -0.919. The minimum absolute atomic E-state index is 0.155. The number of morpholine rings is 1. The third-order valence-corrected chi connectivity index (χ3v) is 3.53. The van der Waals surface area contributed by atoms with E-state index in [4.69, 9.17) is 4.74 Å². The molecule has 1 fully saturated rings. The molecule has 1 aromatic rings. The smallest absolute Gasteiger partial charge is 0.331 e. The first-order valence-electron chi connectivity index (χ1n) is 5.67. The summed E-state index contributed by atoms with van der Waals surface area (Å²) in [5.74, 6) is -0.518.